The maximum Gasteiger partial charge on any atom is 0.162 e. The lowest BCUT2D eigenvalue weighted by Crippen LogP contribution is -2.33. The zero-order chi connectivity index (χ0) is 11.8. The molecule has 0 aromatic heterocycles. The number of benzene rings is 1. The second kappa shape index (κ2) is 4.13. The van der Waals surface area contributed by atoms with Crippen molar-refractivity contribution < 1.29 is 8.78 Å². The Morgan fingerprint density at radius 1 is 1.38 bits per heavy atom. The van der Waals surface area contributed by atoms with Crippen LogP contribution >= 0.6 is 0 Å². The van der Waals surface area contributed by atoms with E-state index in [1.54, 1.807) is 12.1 Å². The van der Waals surface area contributed by atoms with Gasteiger partial charge in [-0.05, 0) is 50.3 Å². The molecule has 1 aromatic carbocycles. The minimum Gasteiger partial charge on any atom is -0.317 e. The fourth-order valence-corrected chi connectivity index (χ4v) is 2.29. The third-order valence-electron chi connectivity index (χ3n) is 3.82. The van der Waals surface area contributed by atoms with Crippen LogP contribution < -0.4 is 5.32 Å². The van der Waals surface area contributed by atoms with Gasteiger partial charge in [0.2, 0.25) is 0 Å². The van der Waals surface area contributed by atoms with Gasteiger partial charge in [-0.2, -0.15) is 0 Å². The molecule has 1 aromatic rings. The van der Waals surface area contributed by atoms with Crippen LogP contribution in [0.15, 0.2) is 18.2 Å². The lowest BCUT2D eigenvalue weighted by Gasteiger charge is -2.23. The van der Waals surface area contributed by atoms with Crippen LogP contribution in [0, 0.1) is 17.0 Å². The smallest absolute Gasteiger partial charge is 0.162 e. The van der Waals surface area contributed by atoms with E-state index in [0.29, 0.717) is 18.0 Å². The molecule has 0 heterocycles. The Kier molecular flexibility index (Phi) is 2.98. The highest BCUT2D eigenvalue weighted by Gasteiger charge is 2.47. The molecule has 2 rings (SSSR count). The van der Waals surface area contributed by atoms with E-state index in [1.807, 2.05) is 7.05 Å². The van der Waals surface area contributed by atoms with Gasteiger partial charge in [-0.3, -0.25) is 0 Å². The maximum atomic E-state index is 13.5. The van der Waals surface area contributed by atoms with Gasteiger partial charge in [0.15, 0.2) is 11.6 Å². The summed E-state index contributed by atoms with van der Waals surface area (Å²) in [5.41, 5.74) is 0.628. The fraction of sp³-hybridized carbons (Fsp3) is 0.538. The normalized spacial score (nSPS) is 19.5. The summed E-state index contributed by atoms with van der Waals surface area (Å²) < 4.78 is 26.6. The van der Waals surface area contributed by atoms with Crippen molar-refractivity contribution in [3.05, 3.63) is 35.4 Å². The summed E-state index contributed by atoms with van der Waals surface area (Å²) >= 11 is 0. The van der Waals surface area contributed by atoms with Crippen molar-refractivity contribution in [2.45, 2.75) is 32.2 Å². The van der Waals surface area contributed by atoms with Gasteiger partial charge in [0.05, 0.1) is 0 Å². The highest BCUT2D eigenvalue weighted by molar-refractivity contribution is 5.23. The lowest BCUT2D eigenvalue weighted by atomic mass is 9.89. The third kappa shape index (κ3) is 1.96. The van der Waals surface area contributed by atoms with Crippen LogP contribution in [0.25, 0.3) is 0 Å². The summed E-state index contributed by atoms with van der Waals surface area (Å²) in [6, 6.07) is 4.77. The minimum atomic E-state index is -0.745. The molecule has 0 bridgehead atoms. The molecule has 1 N–H and O–H groups in total. The molecule has 1 aliphatic rings. The largest absolute Gasteiger partial charge is 0.317 e. The number of nitrogens with one attached hydrogen (secondary N) is 1. The molecule has 0 aliphatic heterocycles. The minimum absolute atomic E-state index is 0.128. The maximum absolute atomic E-state index is 13.5. The molecule has 3 heteroatoms. The number of halogens is 2. The van der Waals surface area contributed by atoms with E-state index < -0.39 is 11.6 Å². The van der Waals surface area contributed by atoms with Crippen molar-refractivity contribution in [3.8, 4) is 0 Å². The molecular formula is C13H17F2N. The van der Waals surface area contributed by atoms with E-state index in [2.05, 4.69) is 12.2 Å². The van der Waals surface area contributed by atoms with Crippen molar-refractivity contribution >= 4 is 0 Å². The van der Waals surface area contributed by atoms with Crippen LogP contribution in [-0.2, 0) is 6.42 Å². The van der Waals surface area contributed by atoms with Gasteiger partial charge >= 0.3 is 0 Å². The number of hydrogen-bond donors (Lipinski definition) is 1. The quantitative estimate of drug-likeness (QED) is 0.830. The van der Waals surface area contributed by atoms with Gasteiger partial charge in [0.25, 0.3) is 0 Å². The first-order valence-electron chi connectivity index (χ1n) is 5.69. The molecule has 0 spiro atoms. The number of hydrogen-bond acceptors (Lipinski definition) is 1. The molecule has 0 radical (unpaired) electrons. The van der Waals surface area contributed by atoms with E-state index in [1.165, 1.54) is 6.07 Å². The Labute approximate surface area is 94.9 Å². The van der Waals surface area contributed by atoms with Crippen LogP contribution in [0.4, 0.5) is 8.78 Å². The standard InChI is InChI=1S/C13H17F2N/c1-9(16-2)13(6-7-13)8-10-4-3-5-11(14)12(10)15/h3-5,9,16H,6-8H2,1-2H3. The van der Waals surface area contributed by atoms with Crippen molar-refractivity contribution in [1.29, 1.82) is 0 Å². The van der Waals surface area contributed by atoms with Gasteiger partial charge in [-0.1, -0.05) is 12.1 Å². The molecule has 88 valence electrons. The molecule has 1 atom stereocenters. The molecule has 1 unspecified atom stereocenters. The van der Waals surface area contributed by atoms with Gasteiger partial charge in [-0.15, -0.1) is 0 Å². The summed E-state index contributed by atoms with van der Waals surface area (Å²) in [7, 11) is 1.91. The molecular weight excluding hydrogens is 208 g/mol. The zero-order valence-corrected chi connectivity index (χ0v) is 9.69. The molecule has 0 amide bonds. The predicted octanol–water partition coefficient (Wildman–Crippen LogP) is 2.90. The van der Waals surface area contributed by atoms with Crippen LogP contribution in [0.1, 0.15) is 25.3 Å². The first-order chi connectivity index (χ1) is 7.59. The van der Waals surface area contributed by atoms with E-state index in [4.69, 9.17) is 0 Å². The summed E-state index contributed by atoms with van der Waals surface area (Å²) in [6.45, 7) is 2.10. The van der Waals surface area contributed by atoms with Crippen molar-refractivity contribution in [1.82, 2.24) is 5.32 Å². The van der Waals surface area contributed by atoms with Crippen LogP contribution in [0.3, 0.4) is 0 Å². The van der Waals surface area contributed by atoms with Gasteiger partial charge in [0.1, 0.15) is 0 Å². The Morgan fingerprint density at radius 2 is 2.06 bits per heavy atom. The summed E-state index contributed by atoms with van der Waals surface area (Å²) in [5, 5.41) is 3.21. The SMILES string of the molecule is CNC(C)C1(Cc2cccc(F)c2F)CC1. The lowest BCUT2D eigenvalue weighted by molar-refractivity contribution is 0.361. The third-order valence-corrected chi connectivity index (χ3v) is 3.82. The van der Waals surface area contributed by atoms with E-state index in [9.17, 15) is 8.78 Å². The highest BCUT2D eigenvalue weighted by atomic mass is 19.2. The van der Waals surface area contributed by atoms with E-state index in [-0.39, 0.29) is 5.41 Å². The van der Waals surface area contributed by atoms with E-state index >= 15 is 0 Å². The van der Waals surface area contributed by atoms with Crippen LogP contribution in [0.2, 0.25) is 0 Å². The summed E-state index contributed by atoms with van der Waals surface area (Å²) in [6.07, 6.45) is 2.80. The first kappa shape index (κ1) is 11.5. The molecule has 1 saturated carbocycles. The molecule has 16 heavy (non-hydrogen) atoms. The summed E-state index contributed by atoms with van der Waals surface area (Å²) in [4.78, 5) is 0. The average Bonchev–Trinajstić information content (AvgIpc) is 3.05. The average molecular weight is 225 g/mol. The zero-order valence-electron chi connectivity index (χ0n) is 9.69. The fourth-order valence-electron chi connectivity index (χ4n) is 2.29. The Hall–Kier alpha value is -0.960. The van der Waals surface area contributed by atoms with Crippen molar-refractivity contribution in [3.63, 3.8) is 0 Å². The Bertz CT molecular complexity index is 386. The van der Waals surface area contributed by atoms with Crippen molar-refractivity contribution in [2.24, 2.45) is 5.41 Å². The molecule has 1 nitrogen and oxygen atoms in total. The Balaban J connectivity index is 2.18. The Morgan fingerprint density at radius 3 is 2.62 bits per heavy atom. The van der Waals surface area contributed by atoms with Gasteiger partial charge in [0, 0.05) is 6.04 Å². The highest BCUT2D eigenvalue weighted by Crippen LogP contribution is 2.51. The first-order valence-corrected chi connectivity index (χ1v) is 5.69. The monoisotopic (exact) mass is 225 g/mol. The topological polar surface area (TPSA) is 12.0 Å². The predicted molar refractivity (Wildman–Crippen MR) is 60.3 cm³/mol. The van der Waals surface area contributed by atoms with Gasteiger partial charge in [-0.25, -0.2) is 8.78 Å². The van der Waals surface area contributed by atoms with E-state index in [0.717, 1.165) is 12.8 Å². The van der Waals surface area contributed by atoms with Crippen LogP contribution in [-0.4, -0.2) is 13.1 Å². The molecule has 1 fully saturated rings. The van der Waals surface area contributed by atoms with Crippen LogP contribution in [0.5, 0.6) is 0 Å². The number of rotatable bonds is 4. The molecule has 1 aliphatic carbocycles. The van der Waals surface area contributed by atoms with Crippen molar-refractivity contribution in [2.75, 3.05) is 7.05 Å². The second-order valence-corrected chi connectivity index (χ2v) is 4.76. The molecule has 0 saturated heterocycles. The summed E-state index contributed by atoms with van der Waals surface area (Å²) in [5.74, 6) is -1.43. The van der Waals surface area contributed by atoms with Gasteiger partial charge < -0.3 is 5.32 Å². The second-order valence-electron chi connectivity index (χ2n) is 4.76.